The number of carbonyl (C=O) groups excluding carboxylic acids is 3. The van der Waals surface area contributed by atoms with E-state index in [1.54, 1.807) is 12.1 Å². The Balaban J connectivity index is 1.50. The second kappa shape index (κ2) is 8.77. The number of fused-ring (bicyclic) bond motifs is 1. The van der Waals surface area contributed by atoms with E-state index in [1.165, 1.54) is 6.07 Å². The Morgan fingerprint density at radius 3 is 2.53 bits per heavy atom. The van der Waals surface area contributed by atoms with Gasteiger partial charge < -0.3 is 25.3 Å². The number of nitrogens with zero attached hydrogens (tertiary/aromatic N) is 1. The van der Waals surface area contributed by atoms with Gasteiger partial charge in [-0.3, -0.25) is 20.2 Å². The molecule has 0 radical (unpaired) electrons. The number of amides is 3. The molecular weight excluding hydrogens is 400 g/mol. The molecule has 0 atom stereocenters. The van der Waals surface area contributed by atoms with Crippen LogP contribution in [0.2, 0.25) is 0 Å². The summed E-state index contributed by atoms with van der Waals surface area (Å²) in [6.45, 7) is 0.0502. The van der Waals surface area contributed by atoms with Gasteiger partial charge >= 0.3 is 12.0 Å². The summed E-state index contributed by atoms with van der Waals surface area (Å²) in [5, 5.41) is 15.1. The van der Waals surface area contributed by atoms with E-state index in [-0.39, 0.29) is 16.9 Å². The van der Waals surface area contributed by atoms with Crippen molar-refractivity contribution in [3.63, 3.8) is 0 Å². The summed E-state index contributed by atoms with van der Waals surface area (Å²) in [6, 6.07) is 7.06. The summed E-state index contributed by atoms with van der Waals surface area (Å²) in [6.07, 6.45) is 0. The predicted molar refractivity (Wildman–Crippen MR) is 102 cm³/mol. The topological polar surface area (TPSA) is 172 Å². The average molecular weight is 416 g/mol. The Kier molecular flexibility index (Phi) is 5.96. The van der Waals surface area contributed by atoms with Crippen molar-refractivity contribution in [2.24, 2.45) is 0 Å². The third-order valence-electron chi connectivity index (χ3n) is 3.85. The quantitative estimate of drug-likeness (QED) is 0.282. The molecular formula is C18H16N4O8. The third kappa shape index (κ3) is 4.92. The Morgan fingerprint density at radius 2 is 1.83 bits per heavy atom. The van der Waals surface area contributed by atoms with Gasteiger partial charge in [0.15, 0.2) is 18.1 Å². The SMILES string of the molecule is Nc1cc([N+](=O)[O-])ccc1C(=O)OCC(=O)NC(=O)Nc1ccc2c(c1)OCCO2. The highest BCUT2D eigenvalue weighted by Crippen LogP contribution is 2.32. The van der Waals surface area contributed by atoms with E-state index >= 15 is 0 Å². The number of anilines is 2. The highest BCUT2D eigenvalue weighted by molar-refractivity contribution is 6.03. The number of benzene rings is 2. The van der Waals surface area contributed by atoms with Crippen LogP contribution < -0.4 is 25.8 Å². The first-order chi connectivity index (χ1) is 14.3. The number of nitro groups is 1. The molecule has 3 rings (SSSR count). The number of nitrogen functional groups attached to an aromatic ring is 1. The van der Waals surface area contributed by atoms with Gasteiger partial charge in [0.2, 0.25) is 0 Å². The molecule has 0 saturated carbocycles. The Morgan fingerprint density at radius 1 is 1.10 bits per heavy atom. The van der Waals surface area contributed by atoms with Crippen LogP contribution in [0.4, 0.5) is 21.9 Å². The maximum atomic E-state index is 12.0. The van der Waals surface area contributed by atoms with Gasteiger partial charge in [-0.15, -0.1) is 0 Å². The molecule has 30 heavy (non-hydrogen) atoms. The minimum absolute atomic E-state index is 0.144. The lowest BCUT2D eigenvalue weighted by Crippen LogP contribution is -2.37. The van der Waals surface area contributed by atoms with E-state index < -0.39 is 29.4 Å². The lowest BCUT2D eigenvalue weighted by Gasteiger charge is -2.19. The summed E-state index contributed by atoms with van der Waals surface area (Å²) in [5.74, 6) is -0.857. The molecule has 1 aliphatic rings. The van der Waals surface area contributed by atoms with Crippen LogP contribution in [0.5, 0.6) is 11.5 Å². The van der Waals surface area contributed by atoms with Gasteiger partial charge in [0.25, 0.3) is 11.6 Å². The fourth-order valence-corrected chi connectivity index (χ4v) is 2.50. The van der Waals surface area contributed by atoms with Crippen molar-refractivity contribution in [1.82, 2.24) is 5.32 Å². The number of nitrogens with two attached hydrogens (primary N) is 1. The predicted octanol–water partition coefficient (Wildman–Crippen LogP) is 1.45. The number of hydrogen-bond acceptors (Lipinski definition) is 9. The molecule has 3 amide bonds. The van der Waals surface area contributed by atoms with Gasteiger partial charge in [-0.2, -0.15) is 0 Å². The van der Waals surface area contributed by atoms with Gasteiger partial charge in [-0.25, -0.2) is 9.59 Å². The summed E-state index contributed by atoms with van der Waals surface area (Å²) >= 11 is 0. The highest BCUT2D eigenvalue weighted by Gasteiger charge is 2.18. The first-order valence-electron chi connectivity index (χ1n) is 8.55. The first-order valence-corrected chi connectivity index (χ1v) is 8.55. The number of hydrogen-bond donors (Lipinski definition) is 3. The summed E-state index contributed by atoms with van der Waals surface area (Å²) in [4.78, 5) is 45.7. The molecule has 0 aliphatic carbocycles. The van der Waals surface area contributed by atoms with Gasteiger partial charge in [0, 0.05) is 23.9 Å². The minimum atomic E-state index is -0.968. The van der Waals surface area contributed by atoms with Gasteiger partial charge in [0.1, 0.15) is 13.2 Å². The monoisotopic (exact) mass is 416 g/mol. The zero-order valence-electron chi connectivity index (χ0n) is 15.4. The van der Waals surface area contributed by atoms with E-state index in [0.29, 0.717) is 30.4 Å². The standard InChI is InChI=1S/C18H16N4O8/c19-13-8-11(22(26)27)2-3-12(13)17(24)30-9-16(23)21-18(25)20-10-1-4-14-15(7-10)29-6-5-28-14/h1-4,7-8H,5-6,9,19H2,(H2,20,21,23,25). The fourth-order valence-electron chi connectivity index (χ4n) is 2.50. The lowest BCUT2D eigenvalue weighted by atomic mass is 10.1. The largest absolute Gasteiger partial charge is 0.486 e. The van der Waals surface area contributed by atoms with Crippen molar-refractivity contribution < 1.29 is 33.5 Å². The molecule has 0 saturated heterocycles. The normalized spacial score (nSPS) is 11.9. The molecule has 12 heteroatoms. The Hall–Kier alpha value is -4.35. The molecule has 0 fully saturated rings. The van der Waals surface area contributed by atoms with Crippen molar-refractivity contribution in [2.75, 3.05) is 30.9 Å². The Labute approximate surface area is 169 Å². The number of esters is 1. The molecule has 2 aromatic rings. The van der Waals surface area contributed by atoms with Crippen LogP contribution in [0.15, 0.2) is 36.4 Å². The minimum Gasteiger partial charge on any atom is -0.486 e. The lowest BCUT2D eigenvalue weighted by molar-refractivity contribution is -0.384. The van der Waals surface area contributed by atoms with E-state index in [1.807, 2.05) is 5.32 Å². The molecule has 1 heterocycles. The van der Waals surface area contributed by atoms with E-state index in [0.717, 1.165) is 18.2 Å². The zero-order chi connectivity index (χ0) is 21.7. The third-order valence-corrected chi connectivity index (χ3v) is 3.85. The number of carbonyl (C=O) groups is 3. The van der Waals surface area contributed by atoms with E-state index in [9.17, 15) is 24.5 Å². The number of non-ortho nitro benzene ring substituents is 1. The zero-order valence-corrected chi connectivity index (χ0v) is 15.4. The number of urea groups is 1. The summed E-state index contributed by atoms with van der Waals surface area (Å²) in [7, 11) is 0. The second-order valence-corrected chi connectivity index (χ2v) is 5.97. The molecule has 0 spiro atoms. The Bertz CT molecular complexity index is 1020. The average Bonchev–Trinajstić information content (AvgIpc) is 2.71. The van der Waals surface area contributed by atoms with E-state index in [2.05, 4.69) is 5.32 Å². The number of nitro benzene ring substituents is 1. The summed E-state index contributed by atoms with van der Waals surface area (Å²) in [5.41, 5.74) is 5.34. The molecule has 0 unspecified atom stereocenters. The van der Waals surface area contributed by atoms with Crippen LogP contribution >= 0.6 is 0 Å². The second-order valence-electron chi connectivity index (χ2n) is 5.97. The molecule has 156 valence electrons. The van der Waals surface area contributed by atoms with Crippen molar-refractivity contribution in [3.8, 4) is 11.5 Å². The number of rotatable bonds is 5. The molecule has 1 aliphatic heterocycles. The molecule has 12 nitrogen and oxygen atoms in total. The van der Waals surface area contributed by atoms with Gasteiger partial charge in [-0.1, -0.05) is 0 Å². The van der Waals surface area contributed by atoms with E-state index in [4.69, 9.17) is 19.9 Å². The highest BCUT2D eigenvalue weighted by atomic mass is 16.6. The summed E-state index contributed by atoms with van der Waals surface area (Å²) < 4.78 is 15.5. The van der Waals surface area contributed by atoms with Crippen LogP contribution in [0.3, 0.4) is 0 Å². The van der Waals surface area contributed by atoms with Crippen LogP contribution in [0.25, 0.3) is 0 Å². The maximum Gasteiger partial charge on any atom is 0.340 e. The number of ether oxygens (including phenoxy) is 3. The smallest absolute Gasteiger partial charge is 0.340 e. The van der Waals surface area contributed by atoms with Crippen molar-refractivity contribution >= 4 is 35.0 Å². The maximum absolute atomic E-state index is 12.0. The van der Waals surface area contributed by atoms with Crippen molar-refractivity contribution in [1.29, 1.82) is 0 Å². The number of nitrogens with one attached hydrogen (secondary N) is 2. The van der Waals surface area contributed by atoms with Crippen LogP contribution in [0, 0.1) is 10.1 Å². The van der Waals surface area contributed by atoms with Gasteiger partial charge in [0.05, 0.1) is 16.2 Å². The molecule has 0 aromatic heterocycles. The number of imide groups is 1. The first kappa shape index (κ1) is 20.4. The molecule has 4 N–H and O–H groups in total. The van der Waals surface area contributed by atoms with Crippen molar-refractivity contribution in [2.45, 2.75) is 0 Å². The van der Waals surface area contributed by atoms with Crippen molar-refractivity contribution in [3.05, 3.63) is 52.1 Å². The molecule has 0 bridgehead atoms. The van der Waals surface area contributed by atoms with Gasteiger partial charge in [-0.05, 0) is 18.2 Å². The van der Waals surface area contributed by atoms with Crippen LogP contribution in [0.1, 0.15) is 10.4 Å². The van der Waals surface area contributed by atoms with Crippen LogP contribution in [-0.2, 0) is 9.53 Å². The molecule has 2 aromatic carbocycles. The fraction of sp³-hybridized carbons (Fsp3) is 0.167. The van der Waals surface area contributed by atoms with Crippen LogP contribution in [-0.4, -0.2) is 42.7 Å².